The third kappa shape index (κ3) is 3.94. The van der Waals surface area contributed by atoms with Gasteiger partial charge in [-0.15, -0.1) is 22.7 Å². The van der Waals surface area contributed by atoms with Crippen molar-refractivity contribution < 1.29 is 8.42 Å². The van der Waals surface area contributed by atoms with Gasteiger partial charge in [-0.3, -0.25) is 4.90 Å². The first-order valence-corrected chi connectivity index (χ1v) is 13.2. The van der Waals surface area contributed by atoms with Crippen molar-refractivity contribution in [1.82, 2.24) is 14.2 Å². The SMILES string of the molecule is Cc1nc(-c2cc(S(=O)(=O)N3CCN(C4CCCCC4)CC3)c(C)s2)sc1C. The van der Waals surface area contributed by atoms with Gasteiger partial charge in [0.2, 0.25) is 10.0 Å². The molecule has 0 N–H and O–H groups in total. The van der Waals surface area contributed by atoms with Crippen LogP contribution in [0.3, 0.4) is 0 Å². The van der Waals surface area contributed by atoms with E-state index in [0.29, 0.717) is 24.0 Å². The van der Waals surface area contributed by atoms with Gasteiger partial charge in [0.1, 0.15) is 5.01 Å². The average molecular weight is 440 g/mol. The molecule has 0 amide bonds. The lowest BCUT2D eigenvalue weighted by Gasteiger charge is -2.40. The minimum absolute atomic E-state index is 0.462. The molecule has 2 fully saturated rings. The number of thiazole rings is 1. The topological polar surface area (TPSA) is 53.5 Å². The summed E-state index contributed by atoms with van der Waals surface area (Å²) < 4.78 is 28.3. The maximum Gasteiger partial charge on any atom is 0.244 e. The minimum Gasteiger partial charge on any atom is -0.298 e. The fourth-order valence-corrected chi connectivity index (χ4v) is 8.24. The van der Waals surface area contributed by atoms with E-state index in [-0.39, 0.29) is 0 Å². The smallest absolute Gasteiger partial charge is 0.244 e. The third-order valence-corrected chi connectivity index (χ3v) is 10.5. The molecule has 3 heterocycles. The van der Waals surface area contributed by atoms with Crippen LogP contribution in [-0.2, 0) is 10.0 Å². The van der Waals surface area contributed by atoms with E-state index in [1.807, 2.05) is 19.9 Å². The summed E-state index contributed by atoms with van der Waals surface area (Å²) in [5, 5.41) is 0.923. The number of hydrogen-bond acceptors (Lipinski definition) is 6. The van der Waals surface area contributed by atoms with Gasteiger partial charge in [-0.25, -0.2) is 13.4 Å². The lowest BCUT2D eigenvalue weighted by molar-refractivity contribution is 0.111. The van der Waals surface area contributed by atoms with Crippen molar-refractivity contribution >= 4 is 32.7 Å². The van der Waals surface area contributed by atoms with Crippen LogP contribution < -0.4 is 0 Å². The lowest BCUT2D eigenvalue weighted by atomic mass is 9.94. The van der Waals surface area contributed by atoms with Crippen molar-refractivity contribution in [3.63, 3.8) is 0 Å². The Morgan fingerprint density at radius 3 is 2.25 bits per heavy atom. The highest BCUT2D eigenvalue weighted by Gasteiger charge is 2.33. The predicted molar refractivity (Wildman–Crippen MR) is 117 cm³/mol. The van der Waals surface area contributed by atoms with Crippen molar-refractivity contribution in [2.24, 2.45) is 0 Å². The highest BCUT2D eigenvalue weighted by molar-refractivity contribution is 7.89. The van der Waals surface area contributed by atoms with E-state index in [0.717, 1.165) is 33.5 Å². The molecule has 2 aromatic rings. The summed E-state index contributed by atoms with van der Waals surface area (Å²) in [6.07, 6.45) is 6.52. The zero-order chi connectivity index (χ0) is 19.9. The first kappa shape index (κ1) is 20.5. The Labute approximate surface area is 176 Å². The molecule has 8 heteroatoms. The molecule has 1 aliphatic carbocycles. The number of piperazine rings is 1. The second-order valence-electron chi connectivity index (χ2n) is 7.92. The fraction of sp³-hybridized carbons (Fsp3) is 0.650. The number of rotatable bonds is 4. The first-order chi connectivity index (χ1) is 13.4. The molecule has 0 aromatic carbocycles. The van der Waals surface area contributed by atoms with Crippen LogP contribution in [0.2, 0.25) is 0 Å². The van der Waals surface area contributed by atoms with Crippen LogP contribution in [0.1, 0.15) is 47.6 Å². The van der Waals surface area contributed by atoms with E-state index in [9.17, 15) is 8.42 Å². The van der Waals surface area contributed by atoms with Crippen LogP contribution in [0.25, 0.3) is 9.88 Å². The first-order valence-electron chi connectivity index (χ1n) is 10.2. The molecule has 5 nitrogen and oxygen atoms in total. The molecule has 4 rings (SSSR count). The normalized spacial score (nSPS) is 20.7. The van der Waals surface area contributed by atoms with Crippen LogP contribution >= 0.6 is 22.7 Å². The molecule has 0 unspecified atom stereocenters. The maximum absolute atomic E-state index is 13.3. The molecule has 154 valence electrons. The number of hydrogen-bond donors (Lipinski definition) is 0. The van der Waals surface area contributed by atoms with E-state index in [1.54, 1.807) is 15.6 Å². The Hall–Kier alpha value is -0.800. The van der Waals surface area contributed by atoms with Gasteiger partial charge in [-0.05, 0) is 39.7 Å². The number of aromatic nitrogens is 1. The van der Waals surface area contributed by atoms with Crippen molar-refractivity contribution in [3.05, 3.63) is 21.5 Å². The van der Waals surface area contributed by atoms with Crippen LogP contribution in [0.15, 0.2) is 11.0 Å². The summed E-state index contributed by atoms with van der Waals surface area (Å²) >= 11 is 3.17. The van der Waals surface area contributed by atoms with E-state index in [2.05, 4.69) is 16.8 Å². The second kappa shape index (κ2) is 8.14. The molecular weight excluding hydrogens is 410 g/mol. The number of sulfonamides is 1. The van der Waals surface area contributed by atoms with Crippen LogP contribution in [0, 0.1) is 20.8 Å². The Bertz CT molecular complexity index is 915. The molecule has 1 saturated carbocycles. The van der Waals surface area contributed by atoms with Gasteiger partial charge in [0, 0.05) is 42.0 Å². The standard InChI is InChI=1S/C20H29N3O2S3/c1-14-15(2)27-20(21-14)18-13-19(16(3)26-18)28(24,25)23-11-9-22(10-12-23)17-7-5-4-6-8-17/h13,17H,4-12H2,1-3H3. The number of nitrogens with zero attached hydrogens (tertiary/aromatic N) is 3. The van der Waals surface area contributed by atoms with Gasteiger partial charge in [-0.1, -0.05) is 19.3 Å². The molecule has 0 bridgehead atoms. The van der Waals surface area contributed by atoms with E-state index < -0.39 is 10.0 Å². The highest BCUT2D eigenvalue weighted by Crippen LogP contribution is 2.37. The Morgan fingerprint density at radius 2 is 1.64 bits per heavy atom. The van der Waals surface area contributed by atoms with Crippen molar-refractivity contribution in [3.8, 4) is 9.88 Å². The minimum atomic E-state index is -3.44. The van der Waals surface area contributed by atoms with Crippen LogP contribution in [0.5, 0.6) is 0 Å². The fourth-order valence-electron chi connectivity index (χ4n) is 4.30. The maximum atomic E-state index is 13.3. The zero-order valence-corrected chi connectivity index (χ0v) is 19.4. The van der Waals surface area contributed by atoms with Crippen LogP contribution in [0.4, 0.5) is 0 Å². The Morgan fingerprint density at radius 1 is 0.964 bits per heavy atom. The van der Waals surface area contributed by atoms with Gasteiger partial charge in [0.25, 0.3) is 0 Å². The molecule has 28 heavy (non-hydrogen) atoms. The molecule has 0 radical (unpaired) electrons. The summed E-state index contributed by atoms with van der Waals surface area (Å²) in [6, 6.07) is 2.49. The molecule has 1 saturated heterocycles. The lowest BCUT2D eigenvalue weighted by Crippen LogP contribution is -2.52. The molecule has 2 aliphatic rings. The highest BCUT2D eigenvalue weighted by atomic mass is 32.2. The zero-order valence-electron chi connectivity index (χ0n) is 16.9. The quantitative estimate of drug-likeness (QED) is 0.707. The van der Waals surface area contributed by atoms with Crippen molar-refractivity contribution in [1.29, 1.82) is 0 Å². The van der Waals surface area contributed by atoms with Gasteiger partial charge in [-0.2, -0.15) is 4.31 Å². The molecule has 1 aliphatic heterocycles. The van der Waals surface area contributed by atoms with Crippen LogP contribution in [-0.4, -0.2) is 54.8 Å². The predicted octanol–water partition coefficient (Wildman–Crippen LogP) is 4.44. The molecule has 0 atom stereocenters. The van der Waals surface area contributed by atoms with E-state index in [1.165, 1.54) is 48.3 Å². The summed E-state index contributed by atoms with van der Waals surface area (Å²) in [7, 11) is -3.44. The van der Waals surface area contributed by atoms with Gasteiger partial charge >= 0.3 is 0 Å². The molecule has 2 aromatic heterocycles. The number of aryl methyl sites for hydroxylation is 3. The third-order valence-electron chi connectivity index (χ3n) is 6.09. The van der Waals surface area contributed by atoms with Gasteiger partial charge < -0.3 is 0 Å². The monoisotopic (exact) mass is 439 g/mol. The van der Waals surface area contributed by atoms with Crippen molar-refractivity contribution in [2.75, 3.05) is 26.2 Å². The molecular formula is C20H29N3O2S3. The summed E-state index contributed by atoms with van der Waals surface area (Å²) in [5.41, 5.74) is 1.02. The second-order valence-corrected chi connectivity index (χ2v) is 12.3. The van der Waals surface area contributed by atoms with E-state index in [4.69, 9.17) is 0 Å². The van der Waals surface area contributed by atoms with Gasteiger partial charge in [0.15, 0.2) is 0 Å². The Kier molecular flexibility index (Phi) is 5.95. The summed E-state index contributed by atoms with van der Waals surface area (Å²) in [6.45, 7) is 8.86. The Balaban J connectivity index is 1.49. The van der Waals surface area contributed by atoms with Gasteiger partial charge in [0.05, 0.1) is 15.5 Å². The van der Waals surface area contributed by atoms with E-state index >= 15 is 0 Å². The summed E-state index contributed by atoms with van der Waals surface area (Å²) in [4.78, 5) is 10.6. The average Bonchev–Trinajstić information content (AvgIpc) is 3.25. The number of thiophene rings is 1. The molecule has 0 spiro atoms. The van der Waals surface area contributed by atoms with Crippen molar-refractivity contribution in [2.45, 2.75) is 63.8 Å². The largest absolute Gasteiger partial charge is 0.298 e. The summed E-state index contributed by atoms with van der Waals surface area (Å²) in [5.74, 6) is 0.